The molecule has 3 rings (SSSR count). The number of esters is 1. The molecular weight excluding hydrogens is 334 g/mol. The van der Waals surface area contributed by atoms with Crippen molar-refractivity contribution in [1.29, 1.82) is 0 Å². The number of hydrogen-bond acceptors (Lipinski definition) is 5. The van der Waals surface area contributed by atoms with E-state index in [4.69, 9.17) is 16.3 Å². The fourth-order valence-electron chi connectivity index (χ4n) is 3.17. The van der Waals surface area contributed by atoms with E-state index in [-0.39, 0.29) is 23.5 Å². The number of piperidine rings is 1. The Balaban J connectivity index is 1.86. The van der Waals surface area contributed by atoms with Crippen LogP contribution in [0.4, 0.5) is 0 Å². The van der Waals surface area contributed by atoms with E-state index in [1.165, 1.54) is 18.9 Å². The van der Waals surface area contributed by atoms with Crippen LogP contribution in [0.2, 0.25) is 5.02 Å². The van der Waals surface area contributed by atoms with Gasteiger partial charge in [-0.3, -0.25) is 14.5 Å². The van der Waals surface area contributed by atoms with E-state index in [1.54, 1.807) is 6.08 Å². The van der Waals surface area contributed by atoms with Gasteiger partial charge in [0, 0.05) is 29.4 Å². The van der Waals surface area contributed by atoms with Gasteiger partial charge in [0.25, 0.3) is 0 Å². The van der Waals surface area contributed by atoms with Crippen LogP contribution in [0.1, 0.15) is 24.4 Å². The predicted molar refractivity (Wildman–Crippen MR) is 91.5 cm³/mol. The molecule has 0 bridgehead atoms. The second-order valence-electron chi connectivity index (χ2n) is 5.72. The lowest BCUT2D eigenvalue weighted by atomic mass is 9.96. The highest BCUT2D eigenvalue weighted by Gasteiger charge is 2.35. The van der Waals surface area contributed by atoms with Crippen LogP contribution in [0, 0.1) is 0 Å². The molecule has 2 atom stereocenters. The molecule has 2 heterocycles. The Morgan fingerprint density at radius 1 is 1.48 bits per heavy atom. The number of rotatable bonds is 4. The number of thioether (sulfide) groups is 1. The van der Waals surface area contributed by atoms with Gasteiger partial charge >= 0.3 is 5.97 Å². The summed E-state index contributed by atoms with van der Waals surface area (Å²) in [6.07, 6.45) is 2.90. The van der Waals surface area contributed by atoms with E-state index < -0.39 is 0 Å². The van der Waals surface area contributed by atoms with Gasteiger partial charge in [-0.25, -0.2) is 0 Å². The highest BCUT2D eigenvalue weighted by atomic mass is 35.5. The predicted octanol–water partition coefficient (Wildman–Crippen LogP) is 3.22. The van der Waals surface area contributed by atoms with Gasteiger partial charge in [-0.1, -0.05) is 41.6 Å². The van der Waals surface area contributed by atoms with E-state index >= 15 is 0 Å². The number of benzene rings is 1. The Morgan fingerprint density at radius 2 is 2.26 bits per heavy atom. The quantitative estimate of drug-likeness (QED) is 0.779. The Morgan fingerprint density at radius 3 is 3.00 bits per heavy atom. The van der Waals surface area contributed by atoms with Crippen molar-refractivity contribution >= 4 is 34.4 Å². The molecule has 0 spiro atoms. The third kappa shape index (κ3) is 3.62. The van der Waals surface area contributed by atoms with Gasteiger partial charge in [-0.2, -0.15) is 0 Å². The first kappa shape index (κ1) is 16.6. The van der Waals surface area contributed by atoms with E-state index in [2.05, 4.69) is 4.90 Å². The van der Waals surface area contributed by atoms with Crippen LogP contribution in [-0.2, 0) is 14.3 Å². The van der Waals surface area contributed by atoms with Gasteiger partial charge in [0.05, 0.1) is 13.5 Å². The summed E-state index contributed by atoms with van der Waals surface area (Å²) in [5.41, 5.74) is 2.07. The van der Waals surface area contributed by atoms with Crippen molar-refractivity contribution in [3.05, 3.63) is 46.5 Å². The molecule has 0 saturated carbocycles. The topological polar surface area (TPSA) is 46.6 Å². The van der Waals surface area contributed by atoms with E-state index in [9.17, 15) is 9.59 Å². The van der Waals surface area contributed by atoms with Crippen LogP contribution in [0.5, 0.6) is 0 Å². The number of halogens is 1. The number of carbonyl (C=O) groups excluding carboxylic acids is 2. The van der Waals surface area contributed by atoms with Gasteiger partial charge in [0.1, 0.15) is 0 Å². The maximum Gasteiger partial charge on any atom is 0.307 e. The van der Waals surface area contributed by atoms with Gasteiger partial charge in [0.15, 0.2) is 0 Å². The lowest BCUT2D eigenvalue weighted by Gasteiger charge is -2.37. The summed E-state index contributed by atoms with van der Waals surface area (Å²) >= 11 is 7.75. The molecule has 0 aliphatic carbocycles. The number of carbonyl (C=O) groups is 2. The molecule has 0 aromatic heterocycles. The summed E-state index contributed by atoms with van der Waals surface area (Å²) < 4.78 is 4.86. The smallest absolute Gasteiger partial charge is 0.307 e. The number of ether oxygens (including phenoxy) is 1. The first-order chi connectivity index (χ1) is 11.1. The van der Waals surface area contributed by atoms with Crippen LogP contribution >= 0.6 is 23.4 Å². The zero-order valence-corrected chi connectivity index (χ0v) is 14.4. The molecule has 4 nitrogen and oxygen atoms in total. The molecule has 2 aliphatic rings. The molecule has 0 amide bonds. The van der Waals surface area contributed by atoms with Crippen molar-refractivity contribution in [1.82, 2.24) is 4.90 Å². The standard InChI is InChI=1S/C17H18ClNO3S/c1-22-16(20)9-14(12-4-2-3-5-13(12)18)19-7-6-15-11(10-19)8-17(21)23-15/h2-5,8,14-15H,6-7,9-10H2,1H3/t14-,15?/m1/s1. The minimum atomic E-state index is -0.261. The summed E-state index contributed by atoms with van der Waals surface area (Å²) in [5.74, 6) is -0.261. The van der Waals surface area contributed by atoms with Gasteiger partial charge in [-0.05, 0) is 29.7 Å². The molecule has 23 heavy (non-hydrogen) atoms. The zero-order chi connectivity index (χ0) is 16.4. The molecule has 0 radical (unpaired) electrons. The number of methoxy groups -OCH3 is 1. The van der Waals surface area contributed by atoms with Crippen molar-refractivity contribution in [3.8, 4) is 0 Å². The van der Waals surface area contributed by atoms with Crippen molar-refractivity contribution in [2.45, 2.75) is 24.1 Å². The molecule has 1 fully saturated rings. The highest BCUT2D eigenvalue weighted by molar-refractivity contribution is 8.15. The average Bonchev–Trinajstić information content (AvgIpc) is 2.92. The fraction of sp³-hybridized carbons (Fsp3) is 0.412. The van der Waals surface area contributed by atoms with Crippen LogP contribution in [0.15, 0.2) is 35.9 Å². The highest BCUT2D eigenvalue weighted by Crippen LogP contribution is 2.39. The molecule has 1 aromatic rings. The average molecular weight is 352 g/mol. The van der Waals surface area contributed by atoms with E-state index in [0.717, 1.165) is 24.1 Å². The number of hydrogen-bond donors (Lipinski definition) is 0. The van der Waals surface area contributed by atoms with Crippen molar-refractivity contribution in [2.24, 2.45) is 0 Å². The van der Waals surface area contributed by atoms with Crippen molar-refractivity contribution in [2.75, 3.05) is 20.2 Å². The van der Waals surface area contributed by atoms with Crippen LogP contribution in [0.3, 0.4) is 0 Å². The Labute approximate surface area is 144 Å². The van der Waals surface area contributed by atoms with Gasteiger partial charge in [0.2, 0.25) is 5.12 Å². The van der Waals surface area contributed by atoms with Gasteiger partial charge in [-0.15, -0.1) is 0 Å². The van der Waals surface area contributed by atoms with Crippen molar-refractivity contribution < 1.29 is 14.3 Å². The lowest BCUT2D eigenvalue weighted by Crippen LogP contribution is -2.39. The SMILES string of the molecule is COC(=O)C[C@H](c1ccccc1Cl)N1CCC2SC(=O)C=C2C1. The number of fused-ring (bicyclic) bond motifs is 1. The fourth-order valence-corrected chi connectivity index (χ4v) is 4.45. The van der Waals surface area contributed by atoms with Gasteiger partial charge < -0.3 is 4.74 Å². The summed E-state index contributed by atoms with van der Waals surface area (Å²) in [4.78, 5) is 25.7. The first-order valence-electron chi connectivity index (χ1n) is 7.55. The van der Waals surface area contributed by atoms with Crippen molar-refractivity contribution in [3.63, 3.8) is 0 Å². The van der Waals surface area contributed by atoms with Crippen LogP contribution in [0.25, 0.3) is 0 Å². The molecule has 1 saturated heterocycles. The summed E-state index contributed by atoms with van der Waals surface area (Å²) in [5, 5.41) is 1.08. The van der Waals surface area contributed by atoms with Crippen LogP contribution in [-0.4, -0.2) is 41.4 Å². The molecule has 1 unspecified atom stereocenters. The maximum absolute atomic E-state index is 11.9. The Bertz CT molecular complexity index is 661. The third-order valence-electron chi connectivity index (χ3n) is 4.33. The molecular formula is C17H18ClNO3S. The Hall–Kier alpha value is -1.30. The zero-order valence-electron chi connectivity index (χ0n) is 12.8. The summed E-state index contributed by atoms with van der Waals surface area (Å²) in [6, 6.07) is 7.44. The minimum Gasteiger partial charge on any atom is -0.469 e. The second kappa shape index (κ2) is 7.07. The summed E-state index contributed by atoms with van der Waals surface area (Å²) in [6.45, 7) is 1.52. The molecule has 1 aromatic carbocycles. The lowest BCUT2D eigenvalue weighted by molar-refractivity contribution is -0.142. The van der Waals surface area contributed by atoms with E-state index in [1.807, 2.05) is 24.3 Å². The monoisotopic (exact) mass is 351 g/mol. The largest absolute Gasteiger partial charge is 0.469 e. The number of likely N-dealkylation sites (tertiary alicyclic amines) is 1. The molecule has 6 heteroatoms. The maximum atomic E-state index is 11.9. The van der Waals surface area contributed by atoms with E-state index in [0.29, 0.717) is 16.8 Å². The third-order valence-corrected chi connectivity index (χ3v) is 5.85. The minimum absolute atomic E-state index is 0.133. The molecule has 0 N–H and O–H groups in total. The molecule has 2 aliphatic heterocycles. The second-order valence-corrected chi connectivity index (χ2v) is 7.34. The van der Waals surface area contributed by atoms with Crippen LogP contribution < -0.4 is 0 Å². The molecule has 122 valence electrons. The number of nitrogens with zero attached hydrogens (tertiary/aromatic N) is 1. The first-order valence-corrected chi connectivity index (χ1v) is 8.80. The normalized spacial score (nSPS) is 22.4. The Kier molecular flexibility index (Phi) is 5.09. The summed E-state index contributed by atoms with van der Waals surface area (Å²) in [7, 11) is 1.40.